The van der Waals surface area contributed by atoms with Crippen LogP contribution in [0.4, 0.5) is 0 Å². The topological polar surface area (TPSA) is 0 Å². The van der Waals surface area contributed by atoms with Gasteiger partial charge in [-0.25, -0.2) is 0 Å². The second-order valence-corrected chi connectivity index (χ2v) is 26.0. The second kappa shape index (κ2) is 22.6. The molecule has 0 spiro atoms. The first kappa shape index (κ1) is 43.9. The quantitative estimate of drug-likeness (QED) is 0.0811. The smallest absolute Gasteiger partial charge is 0.0181 e. The fourth-order valence-corrected chi connectivity index (χ4v) is 19.0. The minimum Gasteiger partial charge on any atom is -0.160 e. The molecule has 0 N–H and O–H groups in total. The first-order valence-corrected chi connectivity index (χ1v) is 30.5. The molecule has 4 aliphatic carbocycles. The van der Waals surface area contributed by atoms with Gasteiger partial charge in [0.15, 0.2) is 0 Å². The third-order valence-electron chi connectivity index (χ3n) is 14.1. The molecule has 0 radical (unpaired) electrons. The Morgan fingerprint density at radius 1 is 0.390 bits per heavy atom. The van der Waals surface area contributed by atoms with Crippen LogP contribution in [0.1, 0.15) is 128 Å². The summed E-state index contributed by atoms with van der Waals surface area (Å²) in [5.74, 6) is 0. The van der Waals surface area contributed by atoms with Crippen molar-refractivity contribution in [3.05, 3.63) is 121 Å². The van der Waals surface area contributed by atoms with Gasteiger partial charge in [0, 0.05) is 0 Å². The van der Waals surface area contributed by atoms with E-state index in [0.29, 0.717) is 0 Å². The summed E-state index contributed by atoms with van der Waals surface area (Å²) in [7, 11) is 9.74. The van der Waals surface area contributed by atoms with Gasteiger partial charge < -0.3 is 0 Å². The minimum atomic E-state index is -0.556. The summed E-state index contributed by atoms with van der Waals surface area (Å²) >= 11 is -0.556. The predicted molar refractivity (Wildman–Crippen MR) is 262 cm³/mol. The van der Waals surface area contributed by atoms with Crippen molar-refractivity contribution in [2.45, 2.75) is 151 Å². The summed E-state index contributed by atoms with van der Waals surface area (Å²) in [5, 5.41) is 9.29. The van der Waals surface area contributed by atoms with E-state index in [4.69, 9.17) is 18.6 Å². The van der Waals surface area contributed by atoms with Crippen LogP contribution in [0.2, 0.25) is 0 Å². The Bertz CT molecular complexity index is 1940. The minimum absolute atomic E-state index is 0.0202. The van der Waals surface area contributed by atoms with Crippen LogP contribution < -0.4 is 10.6 Å². The number of halogens is 2. The zero-order valence-electron chi connectivity index (χ0n) is 35.1. The molecule has 4 aliphatic rings. The van der Waals surface area contributed by atoms with E-state index in [0.717, 1.165) is 22.6 Å². The number of rotatable bonds is 8. The van der Waals surface area contributed by atoms with Gasteiger partial charge in [-0.1, -0.05) is 177 Å². The SMILES string of the molecule is [Cl][Ti][Cl].c1ccc(-c2cccc3[cH-]c(P(C4CCCCC4)C4CCCCC4)cc23)cc1.c1ccc(-c2cccc3[cH-]c(P(C4CCCCC4)C4CCCCC4)cc23)cc1. The molecule has 0 amide bonds. The fraction of sp³-hybridized carbons (Fsp3) is 0.444. The van der Waals surface area contributed by atoms with E-state index >= 15 is 0 Å². The van der Waals surface area contributed by atoms with E-state index in [9.17, 15) is 0 Å². The maximum absolute atomic E-state index is 4.89. The van der Waals surface area contributed by atoms with Crippen molar-refractivity contribution < 1.29 is 17.0 Å². The zero-order chi connectivity index (χ0) is 40.2. The van der Waals surface area contributed by atoms with Crippen molar-refractivity contribution in [3.8, 4) is 22.3 Å². The normalized spacial score (nSPS) is 18.7. The van der Waals surface area contributed by atoms with Gasteiger partial charge in [0.1, 0.15) is 0 Å². The number of hydrogen-bond acceptors (Lipinski definition) is 0. The van der Waals surface area contributed by atoms with Gasteiger partial charge in [-0.2, -0.15) is 12.1 Å². The largest absolute Gasteiger partial charge is 0.160 e. The molecule has 4 fully saturated rings. The molecule has 6 aromatic carbocycles. The van der Waals surface area contributed by atoms with Crippen molar-refractivity contribution in [3.63, 3.8) is 0 Å². The molecule has 310 valence electrons. The number of benzene rings is 4. The summed E-state index contributed by atoms with van der Waals surface area (Å²) in [6.45, 7) is 0. The third kappa shape index (κ3) is 11.1. The molecule has 59 heavy (non-hydrogen) atoms. The van der Waals surface area contributed by atoms with Crippen LogP contribution in [0.15, 0.2) is 121 Å². The van der Waals surface area contributed by atoms with Gasteiger partial charge in [0.25, 0.3) is 0 Å². The molecule has 0 unspecified atom stereocenters. The molecule has 4 saturated carbocycles. The molecule has 0 heterocycles. The summed E-state index contributed by atoms with van der Waals surface area (Å²) in [6, 6.07) is 46.1. The van der Waals surface area contributed by atoms with Gasteiger partial charge in [-0.15, -0.1) is 68.6 Å². The van der Waals surface area contributed by atoms with Crippen molar-refractivity contribution in [1.29, 1.82) is 0 Å². The van der Waals surface area contributed by atoms with Crippen molar-refractivity contribution >= 4 is 66.6 Å². The van der Waals surface area contributed by atoms with E-state index in [2.05, 4.69) is 121 Å². The Hall–Kier alpha value is -1.75. The second-order valence-electron chi connectivity index (χ2n) is 17.8. The first-order valence-electron chi connectivity index (χ1n) is 23.2. The Kier molecular flexibility index (Phi) is 16.8. The molecule has 6 aromatic rings. The fourth-order valence-electron chi connectivity index (χ4n) is 11.4. The van der Waals surface area contributed by atoms with Crippen molar-refractivity contribution in [2.24, 2.45) is 0 Å². The van der Waals surface area contributed by atoms with E-state index in [-0.39, 0.29) is 15.8 Å². The van der Waals surface area contributed by atoms with Crippen LogP contribution in [0, 0.1) is 0 Å². The van der Waals surface area contributed by atoms with Crippen molar-refractivity contribution in [2.75, 3.05) is 0 Å². The average Bonchev–Trinajstić information content (AvgIpc) is 3.94. The first-order chi connectivity index (χ1) is 29.2. The predicted octanol–water partition coefficient (Wildman–Crippen LogP) is 17.4. The van der Waals surface area contributed by atoms with E-state index in [1.54, 1.807) is 10.6 Å². The number of fused-ring (bicyclic) bond motifs is 2. The average molecular weight is 894 g/mol. The Morgan fingerprint density at radius 2 is 0.695 bits per heavy atom. The maximum atomic E-state index is 4.89. The summed E-state index contributed by atoms with van der Waals surface area (Å²) in [5.41, 5.74) is 9.42. The third-order valence-corrected chi connectivity index (χ3v) is 21.0. The van der Waals surface area contributed by atoms with Crippen LogP contribution in [0.5, 0.6) is 0 Å². The van der Waals surface area contributed by atoms with Gasteiger partial charge in [-0.3, -0.25) is 0 Å². The van der Waals surface area contributed by atoms with Gasteiger partial charge in [-0.05, 0) is 85.1 Å². The van der Waals surface area contributed by atoms with E-state index in [1.165, 1.54) is 172 Å². The van der Waals surface area contributed by atoms with Crippen molar-refractivity contribution in [1.82, 2.24) is 0 Å². The van der Waals surface area contributed by atoms with E-state index in [1.807, 2.05) is 0 Å². The summed E-state index contributed by atoms with van der Waals surface area (Å²) in [4.78, 5) is 0. The Labute approximate surface area is 375 Å². The van der Waals surface area contributed by atoms with Crippen LogP contribution in [0.25, 0.3) is 43.8 Å². The van der Waals surface area contributed by atoms with Gasteiger partial charge in [0.05, 0.1) is 0 Å². The molecule has 0 atom stereocenters. The van der Waals surface area contributed by atoms with Crippen LogP contribution in [-0.4, -0.2) is 22.6 Å². The van der Waals surface area contributed by atoms with Crippen LogP contribution in [0.3, 0.4) is 0 Å². The molecule has 0 saturated heterocycles. The standard InChI is InChI=1S/2C27H32P.2ClH.Ti/c2*1-4-11-21(12-5-1)26-18-10-13-22-19-25(20-27(22)26)28(23-14-6-2-7-15-23)24-16-8-3-9-17-24;;;/h2*1,4-5,10-13,18-20,23-24H,2-3,6-9,14-17H2;2*1H;/q2*-1;;;+2/p-2. The monoisotopic (exact) mass is 892 g/mol. The Balaban J connectivity index is 0.000000154. The number of hydrogen-bond donors (Lipinski definition) is 0. The van der Waals surface area contributed by atoms with Crippen LogP contribution >= 0.6 is 34.5 Å². The summed E-state index contributed by atoms with van der Waals surface area (Å²) < 4.78 is 0. The molecular formula is C54H64Cl2P2Ti-2. The molecule has 0 aromatic heterocycles. The Morgan fingerprint density at radius 3 is 1.00 bits per heavy atom. The molecular weight excluding hydrogens is 829 g/mol. The van der Waals surface area contributed by atoms with Crippen LogP contribution in [-0.2, 0) is 17.0 Å². The van der Waals surface area contributed by atoms with Gasteiger partial charge >= 0.3 is 35.6 Å². The summed E-state index contributed by atoms with van der Waals surface area (Å²) in [6.07, 6.45) is 29.4. The molecule has 5 heteroatoms. The van der Waals surface area contributed by atoms with Gasteiger partial charge in [0.2, 0.25) is 0 Å². The molecule has 0 bridgehead atoms. The molecule has 0 aliphatic heterocycles. The van der Waals surface area contributed by atoms with E-state index < -0.39 is 17.0 Å². The molecule has 0 nitrogen and oxygen atoms in total. The molecule has 10 rings (SSSR count). The maximum Gasteiger partial charge on any atom is -0.0181 e. The zero-order valence-corrected chi connectivity index (χ0v) is 40.0.